The molecule has 0 aliphatic rings. The van der Waals surface area contributed by atoms with E-state index in [9.17, 15) is 14.4 Å². The summed E-state index contributed by atoms with van der Waals surface area (Å²) in [5, 5.41) is 8.55. The molecule has 0 heterocycles. The molecule has 0 unspecified atom stereocenters. The minimum Gasteiger partial charge on any atom is -0.461 e. The molecule has 1 aromatic carbocycles. The fourth-order valence-corrected chi connectivity index (χ4v) is 2.48. The van der Waals surface area contributed by atoms with Crippen LogP contribution in [0.1, 0.15) is 39.7 Å². The van der Waals surface area contributed by atoms with Crippen molar-refractivity contribution in [3.05, 3.63) is 29.8 Å². The van der Waals surface area contributed by atoms with Gasteiger partial charge in [0.15, 0.2) is 0 Å². The third kappa shape index (κ3) is 6.84. The van der Waals surface area contributed by atoms with Crippen LogP contribution in [0.4, 0.5) is 5.69 Å². The Bertz CT molecular complexity index is 614. The first-order valence-electron chi connectivity index (χ1n) is 8.79. The van der Waals surface area contributed by atoms with Crippen LogP contribution in [0.15, 0.2) is 24.3 Å². The fraction of sp³-hybridized carbons (Fsp3) is 0.526. The Morgan fingerprint density at radius 3 is 2.15 bits per heavy atom. The van der Waals surface area contributed by atoms with Crippen molar-refractivity contribution in [1.29, 1.82) is 0 Å². The van der Waals surface area contributed by atoms with Gasteiger partial charge in [-0.3, -0.25) is 14.4 Å². The van der Waals surface area contributed by atoms with Crippen LogP contribution in [-0.2, 0) is 25.7 Å². The van der Waals surface area contributed by atoms with Gasteiger partial charge in [-0.05, 0) is 37.1 Å². The molecule has 0 aliphatic heterocycles. The van der Waals surface area contributed by atoms with Crippen molar-refractivity contribution in [3.63, 3.8) is 0 Å². The van der Waals surface area contributed by atoms with Crippen LogP contribution in [0.3, 0.4) is 0 Å². The highest BCUT2D eigenvalue weighted by Crippen LogP contribution is 2.12. The Balaban J connectivity index is 2.66. The second-order valence-corrected chi connectivity index (χ2v) is 6.45. The van der Waals surface area contributed by atoms with Crippen molar-refractivity contribution in [2.45, 2.75) is 52.8 Å². The zero-order valence-corrected chi connectivity index (χ0v) is 16.1. The third-order valence-corrected chi connectivity index (χ3v) is 3.96. The lowest BCUT2D eigenvalue weighted by Crippen LogP contribution is -2.52. The van der Waals surface area contributed by atoms with E-state index in [0.717, 1.165) is 5.56 Å². The van der Waals surface area contributed by atoms with Gasteiger partial charge in [0.25, 0.3) is 0 Å². The molecular weight excluding hydrogens is 334 g/mol. The van der Waals surface area contributed by atoms with E-state index < -0.39 is 6.04 Å². The molecular formula is C19H29N3O4. The molecule has 26 heavy (non-hydrogen) atoms. The standard InChI is InChI=1S/C19H29N3O4/c1-6-16(22-19(25)17(20-5)12(2)3)18(24)21-15-9-7-14(8-10-15)11-26-13(4)23/h7-10,12,16-17,20H,6,11H2,1-5H3,(H,21,24)(H,22,25)/t16-,17-/m0/s1. The molecule has 0 bridgehead atoms. The van der Waals surface area contributed by atoms with E-state index in [-0.39, 0.29) is 36.4 Å². The Labute approximate surface area is 154 Å². The summed E-state index contributed by atoms with van der Waals surface area (Å²) >= 11 is 0. The number of nitrogens with one attached hydrogen (secondary N) is 3. The Morgan fingerprint density at radius 2 is 1.69 bits per heavy atom. The van der Waals surface area contributed by atoms with Gasteiger partial charge >= 0.3 is 5.97 Å². The van der Waals surface area contributed by atoms with Gasteiger partial charge in [0.05, 0.1) is 6.04 Å². The summed E-state index contributed by atoms with van der Waals surface area (Å²) in [6.07, 6.45) is 0.483. The largest absolute Gasteiger partial charge is 0.461 e. The van der Waals surface area contributed by atoms with Crippen molar-refractivity contribution in [1.82, 2.24) is 10.6 Å². The molecule has 7 heteroatoms. The number of amides is 2. The molecule has 2 atom stereocenters. The van der Waals surface area contributed by atoms with Crippen LogP contribution in [0.2, 0.25) is 0 Å². The molecule has 7 nitrogen and oxygen atoms in total. The van der Waals surface area contributed by atoms with Crippen molar-refractivity contribution in [3.8, 4) is 0 Å². The summed E-state index contributed by atoms with van der Waals surface area (Å²) in [5.41, 5.74) is 1.44. The predicted molar refractivity (Wildman–Crippen MR) is 100 cm³/mol. The zero-order chi connectivity index (χ0) is 19.7. The second kappa shape index (κ2) is 10.6. The van der Waals surface area contributed by atoms with E-state index in [1.807, 2.05) is 20.8 Å². The molecule has 0 aromatic heterocycles. The molecule has 0 spiro atoms. The number of esters is 1. The summed E-state index contributed by atoms with van der Waals surface area (Å²) in [6.45, 7) is 7.28. The van der Waals surface area contributed by atoms with Gasteiger partial charge in [-0.15, -0.1) is 0 Å². The van der Waals surface area contributed by atoms with Crippen LogP contribution in [0, 0.1) is 5.92 Å². The summed E-state index contributed by atoms with van der Waals surface area (Å²) in [5.74, 6) is -0.691. The maximum Gasteiger partial charge on any atom is 0.302 e. The van der Waals surface area contributed by atoms with Gasteiger partial charge in [-0.25, -0.2) is 0 Å². The maximum absolute atomic E-state index is 12.4. The topological polar surface area (TPSA) is 96.5 Å². The lowest BCUT2D eigenvalue weighted by molar-refractivity contribution is -0.142. The minimum atomic E-state index is -0.613. The highest BCUT2D eigenvalue weighted by atomic mass is 16.5. The Morgan fingerprint density at radius 1 is 1.08 bits per heavy atom. The van der Waals surface area contributed by atoms with Gasteiger partial charge in [-0.1, -0.05) is 32.9 Å². The SMILES string of the molecule is CC[C@H](NC(=O)[C@@H](NC)C(C)C)C(=O)Nc1ccc(COC(C)=O)cc1. The molecule has 144 valence electrons. The van der Waals surface area contributed by atoms with Gasteiger partial charge in [0.1, 0.15) is 12.6 Å². The molecule has 3 N–H and O–H groups in total. The van der Waals surface area contributed by atoms with Crippen molar-refractivity contribution in [2.75, 3.05) is 12.4 Å². The number of carbonyl (C=O) groups excluding carboxylic acids is 3. The highest BCUT2D eigenvalue weighted by molar-refractivity contribution is 5.97. The van der Waals surface area contributed by atoms with E-state index in [1.165, 1.54) is 6.92 Å². The first-order chi connectivity index (χ1) is 12.3. The average Bonchev–Trinajstić information content (AvgIpc) is 2.59. The van der Waals surface area contributed by atoms with Crippen LogP contribution < -0.4 is 16.0 Å². The fourth-order valence-electron chi connectivity index (χ4n) is 2.48. The molecule has 0 aliphatic carbocycles. The van der Waals surface area contributed by atoms with Gasteiger partial charge in [0.2, 0.25) is 11.8 Å². The average molecular weight is 363 g/mol. The van der Waals surface area contributed by atoms with Gasteiger partial charge in [0, 0.05) is 12.6 Å². The smallest absolute Gasteiger partial charge is 0.302 e. The quantitative estimate of drug-likeness (QED) is 0.582. The number of benzene rings is 1. The second-order valence-electron chi connectivity index (χ2n) is 6.45. The van der Waals surface area contributed by atoms with Gasteiger partial charge < -0.3 is 20.7 Å². The molecule has 0 radical (unpaired) electrons. The highest BCUT2D eigenvalue weighted by Gasteiger charge is 2.25. The van der Waals surface area contributed by atoms with E-state index in [0.29, 0.717) is 12.1 Å². The summed E-state index contributed by atoms with van der Waals surface area (Å²) in [7, 11) is 1.72. The molecule has 1 aromatic rings. The number of hydrogen-bond donors (Lipinski definition) is 3. The van der Waals surface area contributed by atoms with Crippen LogP contribution >= 0.6 is 0 Å². The Kier molecular flexibility index (Phi) is 8.78. The zero-order valence-electron chi connectivity index (χ0n) is 16.1. The van der Waals surface area contributed by atoms with Gasteiger partial charge in [-0.2, -0.15) is 0 Å². The maximum atomic E-state index is 12.4. The lowest BCUT2D eigenvalue weighted by Gasteiger charge is -2.23. The first kappa shape index (κ1) is 21.6. The first-order valence-corrected chi connectivity index (χ1v) is 8.79. The molecule has 0 fully saturated rings. The predicted octanol–water partition coefficient (Wildman–Crippen LogP) is 1.83. The van der Waals surface area contributed by atoms with E-state index in [1.54, 1.807) is 31.3 Å². The monoisotopic (exact) mass is 363 g/mol. The van der Waals surface area contributed by atoms with Crippen molar-refractivity contribution >= 4 is 23.5 Å². The number of rotatable bonds is 9. The van der Waals surface area contributed by atoms with E-state index >= 15 is 0 Å². The van der Waals surface area contributed by atoms with Crippen LogP contribution in [0.5, 0.6) is 0 Å². The summed E-state index contributed by atoms with van der Waals surface area (Å²) < 4.78 is 4.92. The number of hydrogen-bond acceptors (Lipinski definition) is 5. The number of ether oxygens (including phenoxy) is 1. The van der Waals surface area contributed by atoms with E-state index in [4.69, 9.17) is 4.74 Å². The van der Waals surface area contributed by atoms with Crippen molar-refractivity contribution in [2.24, 2.45) is 5.92 Å². The normalized spacial score (nSPS) is 13.0. The summed E-state index contributed by atoms with van der Waals surface area (Å²) in [6, 6.07) is 6.04. The molecule has 1 rings (SSSR count). The number of likely N-dealkylation sites (N-methyl/N-ethyl adjacent to an activating group) is 1. The molecule has 0 saturated carbocycles. The number of carbonyl (C=O) groups is 3. The summed E-state index contributed by atoms with van der Waals surface area (Å²) in [4.78, 5) is 35.6. The minimum absolute atomic E-state index is 0.116. The van der Waals surface area contributed by atoms with Crippen LogP contribution in [-0.4, -0.2) is 36.9 Å². The third-order valence-electron chi connectivity index (χ3n) is 3.96. The van der Waals surface area contributed by atoms with E-state index in [2.05, 4.69) is 16.0 Å². The molecule has 0 saturated heterocycles. The molecule has 2 amide bonds. The van der Waals surface area contributed by atoms with Crippen LogP contribution in [0.25, 0.3) is 0 Å². The lowest BCUT2D eigenvalue weighted by atomic mass is 10.0. The Hall–Kier alpha value is -2.41. The van der Waals surface area contributed by atoms with Crippen molar-refractivity contribution < 1.29 is 19.1 Å². The number of anilines is 1.